The van der Waals surface area contributed by atoms with Gasteiger partial charge in [0.1, 0.15) is 0 Å². The fraction of sp³-hybridized carbons (Fsp3) is 0.304. The minimum atomic E-state index is -0.284. The third-order valence-corrected chi connectivity index (χ3v) is 5.03. The lowest BCUT2D eigenvalue weighted by molar-refractivity contribution is 0.0500. The van der Waals surface area contributed by atoms with Gasteiger partial charge in [-0.15, -0.1) is 0 Å². The number of carbonyl (C=O) groups excluding carboxylic acids is 1. The van der Waals surface area contributed by atoms with Gasteiger partial charge in [-0.1, -0.05) is 78.9 Å². The highest BCUT2D eigenvalue weighted by Gasteiger charge is 2.15. The molecule has 0 fully saturated rings. The second-order valence-electron chi connectivity index (χ2n) is 6.63. The molecule has 0 aliphatic heterocycles. The average Bonchev–Trinajstić information content (AvgIpc) is 2.70. The van der Waals surface area contributed by atoms with E-state index in [1.54, 1.807) is 0 Å². The predicted octanol–water partition coefficient (Wildman–Crippen LogP) is 6.79. The molecule has 3 nitrogen and oxygen atoms in total. The average molecular weight is 426 g/mol. The van der Waals surface area contributed by atoms with Gasteiger partial charge in [0.2, 0.25) is 0 Å². The van der Waals surface area contributed by atoms with E-state index >= 15 is 0 Å². The van der Waals surface area contributed by atoms with E-state index < -0.39 is 0 Å². The van der Waals surface area contributed by atoms with Crippen molar-refractivity contribution in [2.45, 2.75) is 39.0 Å². The van der Waals surface area contributed by atoms with Gasteiger partial charge in [0.15, 0.2) is 0 Å². The van der Waals surface area contributed by atoms with Crippen LogP contribution in [0.3, 0.4) is 0 Å². The van der Waals surface area contributed by atoms with Gasteiger partial charge in [0.25, 0.3) is 0 Å². The lowest BCUT2D eigenvalue weighted by atomic mass is 10.0. The van der Waals surface area contributed by atoms with Crippen LogP contribution < -0.4 is 0 Å². The van der Waals surface area contributed by atoms with Gasteiger partial charge in [0.05, 0.1) is 23.4 Å². The van der Waals surface area contributed by atoms with Crippen molar-refractivity contribution in [1.29, 1.82) is 0 Å². The van der Waals surface area contributed by atoms with Crippen molar-refractivity contribution in [3.63, 3.8) is 0 Å². The van der Waals surface area contributed by atoms with Crippen molar-refractivity contribution < 1.29 is 9.53 Å². The number of unbranched alkanes of at least 4 members (excludes halogenated alkanes) is 4. The van der Waals surface area contributed by atoms with Crippen LogP contribution in [0.5, 0.6) is 0 Å². The second kappa shape index (κ2) is 9.65. The van der Waals surface area contributed by atoms with Crippen LogP contribution in [0.2, 0.25) is 0 Å². The Hall–Kier alpha value is -2.20. The van der Waals surface area contributed by atoms with Crippen LogP contribution >= 0.6 is 15.9 Å². The molecule has 0 spiro atoms. The number of rotatable bonds is 8. The van der Waals surface area contributed by atoms with E-state index in [0.717, 1.165) is 39.5 Å². The predicted molar refractivity (Wildman–Crippen MR) is 114 cm³/mol. The summed E-state index contributed by atoms with van der Waals surface area (Å²) in [7, 11) is 0. The topological polar surface area (TPSA) is 39.2 Å². The van der Waals surface area contributed by atoms with Gasteiger partial charge in [-0.25, -0.2) is 9.78 Å². The summed E-state index contributed by atoms with van der Waals surface area (Å²) in [5, 5.41) is 0.806. The number of esters is 1. The monoisotopic (exact) mass is 425 g/mol. The summed E-state index contributed by atoms with van der Waals surface area (Å²) in [4.78, 5) is 17.5. The van der Waals surface area contributed by atoms with Crippen LogP contribution in [0.15, 0.2) is 59.1 Å². The standard InChI is InChI=1S/C23H24BrNO2/c1-2-3-4-5-9-14-27-23(26)20-16-22(17-10-7-6-8-11-17)25-21-13-12-18(24)15-19(20)21/h6-8,10-13,15-16H,2-5,9,14H2,1H3. The Balaban J connectivity index is 1.85. The molecule has 2 aromatic carbocycles. The van der Waals surface area contributed by atoms with Crippen molar-refractivity contribution >= 4 is 32.8 Å². The Kier molecular flexibility index (Phi) is 6.99. The molecule has 0 unspecified atom stereocenters. The maximum absolute atomic E-state index is 12.8. The van der Waals surface area contributed by atoms with Gasteiger partial charge in [0, 0.05) is 15.4 Å². The molecule has 4 heteroatoms. The van der Waals surface area contributed by atoms with Gasteiger partial charge in [-0.05, 0) is 30.7 Å². The molecule has 27 heavy (non-hydrogen) atoms. The summed E-state index contributed by atoms with van der Waals surface area (Å²) in [5.74, 6) is -0.284. The first-order valence-corrected chi connectivity index (χ1v) is 10.3. The van der Waals surface area contributed by atoms with Gasteiger partial charge in [-0.2, -0.15) is 0 Å². The first-order valence-electron chi connectivity index (χ1n) is 9.52. The molecule has 3 aromatic rings. The quantitative estimate of drug-likeness (QED) is 0.294. The molecule has 140 valence electrons. The Morgan fingerprint density at radius 1 is 1.00 bits per heavy atom. The van der Waals surface area contributed by atoms with Crippen LogP contribution in [-0.4, -0.2) is 17.6 Å². The molecular weight excluding hydrogens is 402 g/mol. The number of hydrogen-bond acceptors (Lipinski definition) is 3. The first kappa shape index (κ1) is 19.6. The molecule has 1 aromatic heterocycles. The molecule has 0 aliphatic carbocycles. The molecule has 0 atom stereocenters. The van der Waals surface area contributed by atoms with Crippen LogP contribution in [0.1, 0.15) is 49.4 Å². The smallest absolute Gasteiger partial charge is 0.338 e. The molecular formula is C23H24BrNO2. The van der Waals surface area contributed by atoms with Crippen molar-refractivity contribution in [2.75, 3.05) is 6.61 Å². The van der Waals surface area contributed by atoms with E-state index in [-0.39, 0.29) is 5.97 Å². The van der Waals surface area contributed by atoms with E-state index in [4.69, 9.17) is 9.72 Å². The number of benzene rings is 2. The third kappa shape index (κ3) is 5.16. The summed E-state index contributed by atoms with van der Waals surface area (Å²) >= 11 is 3.49. The molecule has 1 heterocycles. The summed E-state index contributed by atoms with van der Waals surface area (Å²) in [6, 6.07) is 17.5. The molecule has 3 rings (SSSR count). The highest BCUT2D eigenvalue weighted by molar-refractivity contribution is 9.10. The lowest BCUT2D eigenvalue weighted by Gasteiger charge is -2.11. The number of ether oxygens (including phenoxy) is 1. The number of aromatic nitrogens is 1. The van der Waals surface area contributed by atoms with Gasteiger partial charge in [-0.3, -0.25) is 0 Å². The highest BCUT2D eigenvalue weighted by atomic mass is 79.9. The minimum Gasteiger partial charge on any atom is -0.462 e. The van der Waals surface area contributed by atoms with Crippen LogP contribution in [-0.2, 0) is 4.74 Å². The molecule has 0 amide bonds. The maximum Gasteiger partial charge on any atom is 0.338 e. The number of halogens is 1. The van der Waals surface area contributed by atoms with Crippen LogP contribution in [0.4, 0.5) is 0 Å². The van der Waals surface area contributed by atoms with Crippen molar-refractivity contribution in [1.82, 2.24) is 4.98 Å². The normalized spacial score (nSPS) is 10.9. The number of nitrogens with zero attached hydrogens (tertiary/aromatic N) is 1. The number of hydrogen-bond donors (Lipinski definition) is 0. The molecule has 0 N–H and O–H groups in total. The lowest BCUT2D eigenvalue weighted by Crippen LogP contribution is -2.08. The molecule has 0 saturated heterocycles. The number of pyridine rings is 1. The largest absolute Gasteiger partial charge is 0.462 e. The molecule has 0 aliphatic rings. The van der Waals surface area contributed by atoms with Gasteiger partial charge < -0.3 is 4.74 Å². The Labute approximate surface area is 168 Å². The zero-order chi connectivity index (χ0) is 19.1. The van der Waals surface area contributed by atoms with E-state index in [0.29, 0.717) is 12.2 Å². The molecule has 0 saturated carbocycles. The summed E-state index contributed by atoms with van der Waals surface area (Å²) in [6.07, 6.45) is 5.64. The SMILES string of the molecule is CCCCCCCOC(=O)c1cc(-c2ccccc2)nc2ccc(Br)cc12. The fourth-order valence-corrected chi connectivity index (χ4v) is 3.43. The Morgan fingerprint density at radius 2 is 1.78 bits per heavy atom. The highest BCUT2D eigenvalue weighted by Crippen LogP contribution is 2.27. The second-order valence-corrected chi connectivity index (χ2v) is 7.55. The van der Waals surface area contributed by atoms with Crippen molar-refractivity contribution in [3.8, 4) is 11.3 Å². The third-order valence-electron chi connectivity index (χ3n) is 4.54. The Morgan fingerprint density at radius 3 is 2.56 bits per heavy atom. The number of carbonyl (C=O) groups is 1. The zero-order valence-electron chi connectivity index (χ0n) is 15.6. The van der Waals surface area contributed by atoms with Crippen LogP contribution in [0, 0.1) is 0 Å². The summed E-state index contributed by atoms with van der Waals surface area (Å²) in [5.41, 5.74) is 3.11. The van der Waals surface area contributed by atoms with Gasteiger partial charge >= 0.3 is 5.97 Å². The number of fused-ring (bicyclic) bond motifs is 1. The zero-order valence-corrected chi connectivity index (χ0v) is 17.2. The van der Waals surface area contributed by atoms with Crippen LogP contribution in [0.25, 0.3) is 22.2 Å². The van der Waals surface area contributed by atoms with E-state index in [2.05, 4.69) is 22.9 Å². The van der Waals surface area contributed by atoms with Crippen molar-refractivity contribution in [3.05, 3.63) is 64.6 Å². The first-order chi connectivity index (χ1) is 13.2. The summed E-state index contributed by atoms with van der Waals surface area (Å²) in [6.45, 7) is 2.65. The van der Waals surface area contributed by atoms with E-state index in [1.165, 1.54) is 19.3 Å². The fourth-order valence-electron chi connectivity index (χ4n) is 3.07. The maximum atomic E-state index is 12.8. The minimum absolute atomic E-state index is 0.284. The van der Waals surface area contributed by atoms with E-state index in [1.807, 2.05) is 54.6 Å². The van der Waals surface area contributed by atoms with E-state index in [9.17, 15) is 4.79 Å². The molecule has 0 radical (unpaired) electrons. The summed E-state index contributed by atoms with van der Waals surface area (Å²) < 4.78 is 6.48. The Bertz CT molecular complexity index is 909. The van der Waals surface area contributed by atoms with Crippen molar-refractivity contribution in [2.24, 2.45) is 0 Å². The molecule has 0 bridgehead atoms.